The van der Waals surface area contributed by atoms with Gasteiger partial charge in [-0.3, -0.25) is 0 Å². The van der Waals surface area contributed by atoms with Crippen molar-refractivity contribution in [2.45, 2.75) is 66.2 Å². The number of anilines is 1. The van der Waals surface area contributed by atoms with Gasteiger partial charge >= 0.3 is 0 Å². The van der Waals surface area contributed by atoms with Gasteiger partial charge in [-0.15, -0.1) is 0 Å². The Hall–Kier alpha value is -1.12. The fourth-order valence-corrected chi connectivity index (χ4v) is 1.85. The molecule has 1 N–H and O–H groups in total. The van der Waals surface area contributed by atoms with Crippen LogP contribution in [0.4, 0.5) is 5.82 Å². The molecule has 0 bridgehead atoms. The van der Waals surface area contributed by atoms with Crippen LogP contribution in [0.3, 0.4) is 0 Å². The Kier molecular flexibility index (Phi) is 4.71. The summed E-state index contributed by atoms with van der Waals surface area (Å²) in [5, 5.41) is 3.42. The van der Waals surface area contributed by atoms with E-state index in [2.05, 4.69) is 53.8 Å². The minimum atomic E-state index is -0.0139. The maximum atomic E-state index is 4.76. The topological polar surface area (TPSA) is 37.8 Å². The third-order valence-corrected chi connectivity index (χ3v) is 2.94. The van der Waals surface area contributed by atoms with Crippen LogP contribution in [0, 0.1) is 6.92 Å². The highest BCUT2D eigenvalue weighted by Gasteiger charge is 2.21. The number of hydrogen-bond donors (Lipinski definition) is 1. The molecule has 1 aromatic heterocycles. The van der Waals surface area contributed by atoms with Crippen molar-refractivity contribution in [3.05, 3.63) is 17.1 Å². The van der Waals surface area contributed by atoms with Crippen molar-refractivity contribution in [1.82, 2.24) is 9.97 Å². The molecule has 1 rings (SSSR count). The molecule has 0 amide bonds. The van der Waals surface area contributed by atoms with Gasteiger partial charge < -0.3 is 5.32 Å². The molecule has 1 heterocycles. The SMILES string of the molecule is CCCNc1nc(C(C)(C)C)nc(C(C)C)c1C. The number of nitrogens with zero attached hydrogens (tertiary/aromatic N) is 2. The highest BCUT2D eigenvalue weighted by molar-refractivity contribution is 5.47. The third kappa shape index (κ3) is 3.44. The smallest absolute Gasteiger partial charge is 0.136 e. The second kappa shape index (κ2) is 5.68. The third-order valence-electron chi connectivity index (χ3n) is 2.94. The van der Waals surface area contributed by atoms with E-state index in [1.54, 1.807) is 0 Å². The van der Waals surface area contributed by atoms with Crippen LogP contribution in [0.5, 0.6) is 0 Å². The molecule has 0 unspecified atom stereocenters. The lowest BCUT2D eigenvalue weighted by Crippen LogP contribution is -2.20. The van der Waals surface area contributed by atoms with Gasteiger partial charge in [0.15, 0.2) is 0 Å². The van der Waals surface area contributed by atoms with Crippen molar-refractivity contribution in [1.29, 1.82) is 0 Å². The molecule has 18 heavy (non-hydrogen) atoms. The molecule has 0 fully saturated rings. The quantitative estimate of drug-likeness (QED) is 0.875. The highest BCUT2D eigenvalue weighted by atomic mass is 15.0. The molecule has 3 heteroatoms. The van der Waals surface area contributed by atoms with Crippen molar-refractivity contribution in [2.24, 2.45) is 0 Å². The van der Waals surface area contributed by atoms with Crippen molar-refractivity contribution in [3.63, 3.8) is 0 Å². The van der Waals surface area contributed by atoms with Gasteiger partial charge in [-0.05, 0) is 19.3 Å². The van der Waals surface area contributed by atoms with Crippen LogP contribution < -0.4 is 5.32 Å². The first kappa shape index (κ1) is 14.9. The average Bonchev–Trinajstić information content (AvgIpc) is 2.25. The zero-order valence-electron chi connectivity index (χ0n) is 12.9. The summed E-state index contributed by atoms with van der Waals surface area (Å²) in [5.74, 6) is 2.35. The summed E-state index contributed by atoms with van der Waals surface area (Å²) < 4.78 is 0. The zero-order chi connectivity index (χ0) is 13.9. The standard InChI is InChI=1S/C15H27N3/c1-8-9-16-13-11(4)12(10(2)3)17-14(18-13)15(5,6)7/h10H,8-9H2,1-7H3,(H,16,17,18). The van der Waals surface area contributed by atoms with Crippen LogP contribution in [-0.4, -0.2) is 16.5 Å². The van der Waals surface area contributed by atoms with Crippen LogP contribution in [0.15, 0.2) is 0 Å². The Morgan fingerprint density at radius 3 is 2.22 bits per heavy atom. The number of aromatic nitrogens is 2. The van der Waals surface area contributed by atoms with Gasteiger partial charge in [-0.2, -0.15) is 0 Å². The predicted octanol–water partition coefficient (Wildman–Crippen LogP) is 4.03. The molecule has 0 radical (unpaired) electrons. The van der Waals surface area contributed by atoms with Crippen LogP contribution in [0.1, 0.15) is 71.0 Å². The number of rotatable bonds is 4. The van der Waals surface area contributed by atoms with Gasteiger partial charge in [0, 0.05) is 17.5 Å². The number of hydrogen-bond acceptors (Lipinski definition) is 3. The molecular weight excluding hydrogens is 222 g/mol. The van der Waals surface area contributed by atoms with Gasteiger partial charge in [0.25, 0.3) is 0 Å². The molecule has 0 saturated heterocycles. The minimum Gasteiger partial charge on any atom is -0.370 e. The summed E-state index contributed by atoms with van der Waals surface area (Å²) in [6.07, 6.45) is 1.10. The van der Waals surface area contributed by atoms with Gasteiger partial charge in [-0.1, -0.05) is 41.5 Å². The van der Waals surface area contributed by atoms with E-state index < -0.39 is 0 Å². The summed E-state index contributed by atoms with van der Waals surface area (Å²) in [6, 6.07) is 0. The van der Waals surface area contributed by atoms with E-state index in [4.69, 9.17) is 9.97 Å². The molecular formula is C15H27N3. The first-order valence-corrected chi connectivity index (χ1v) is 6.90. The summed E-state index contributed by atoms with van der Waals surface area (Å²) in [4.78, 5) is 9.46. The second-order valence-corrected chi connectivity index (χ2v) is 6.24. The van der Waals surface area contributed by atoms with E-state index in [-0.39, 0.29) is 5.41 Å². The molecule has 0 aliphatic heterocycles. The van der Waals surface area contributed by atoms with Crippen molar-refractivity contribution >= 4 is 5.82 Å². The van der Waals surface area contributed by atoms with E-state index in [9.17, 15) is 0 Å². The van der Waals surface area contributed by atoms with Crippen molar-refractivity contribution in [2.75, 3.05) is 11.9 Å². The summed E-state index contributed by atoms with van der Waals surface area (Å²) in [5.41, 5.74) is 2.33. The van der Waals surface area contributed by atoms with Gasteiger partial charge in [0.1, 0.15) is 11.6 Å². The summed E-state index contributed by atoms with van der Waals surface area (Å²) in [6.45, 7) is 16.1. The molecule has 1 aromatic rings. The fourth-order valence-electron chi connectivity index (χ4n) is 1.85. The van der Waals surface area contributed by atoms with Gasteiger partial charge in [0.2, 0.25) is 0 Å². The Morgan fingerprint density at radius 1 is 1.17 bits per heavy atom. The highest BCUT2D eigenvalue weighted by Crippen LogP contribution is 2.27. The number of nitrogens with one attached hydrogen (secondary N) is 1. The minimum absolute atomic E-state index is 0.0139. The van der Waals surface area contributed by atoms with Crippen LogP contribution in [0.25, 0.3) is 0 Å². The normalized spacial score (nSPS) is 12.0. The average molecular weight is 249 g/mol. The lowest BCUT2D eigenvalue weighted by atomic mass is 9.94. The molecule has 0 aliphatic carbocycles. The lowest BCUT2D eigenvalue weighted by Gasteiger charge is -2.22. The molecule has 0 spiro atoms. The van der Waals surface area contributed by atoms with Crippen LogP contribution >= 0.6 is 0 Å². The van der Waals surface area contributed by atoms with Crippen LogP contribution in [-0.2, 0) is 5.41 Å². The van der Waals surface area contributed by atoms with Gasteiger partial charge in [-0.25, -0.2) is 9.97 Å². The predicted molar refractivity (Wildman–Crippen MR) is 78.3 cm³/mol. The van der Waals surface area contributed by atoms with Crippen molar-refractivity contribution in [3.8, 4) is 0 Å². The molecule has 0 aromatic carbocycles. The molecule has 3 nitrogen and oxygen atoms in total. The Labute approximate surface area is 111 Å². The molecule has 102 valence electrons. The van der Waals surface area contributed by atoms with E-state index in [0.29, 0.717) is 5.92 Å². The lowest BCUT2D eigenvalue weighted by molar-refractivity contribution is 0.538. The Morgan fingerprint density at radius 2 is 1.78 bits per heavy atom. The largest absolute Gasteiger partial charge is 0.370 e. The Bertz CT molecular complexity index is 403. The van der Waals surface area contributed by atoms with Gasteiger partial charge in [0.05, 0.1) is 5.69 Å². The fraction of sp³-hybridized carbons (Fsp3) is 0.733. The van der Waals surface area contributed by atoms with E-state index in [1.165, 1.54) is 5.56 Å². The Balaban J connectivity index is 3.28. The monoisotopic (exact) mass is 249 g/mol. The zero-order valence-corrected chi connectivity index (χ0v) is 12.9. The maximum absolute atomic E-state index is 4.76. The van der Waals surface area contributed by atoms with E-state index in [1.807, 2.05) is 0 Å². The van der Waals surface area contributed by atoms with E-state index >= 15 is 0 Å². The molecule has 0 aliphatic rings. The second-order valence-electron chi connectivity index (χ2n) is 6.24. The maximum Gasteiger partial charge on any atom is 0.136 e. The van der Waals surface area contributed by atoms with Crippen molar-refractivity contribution < 1.29 is 0 Å². The van der Waals surface area contributed by atoms with E-state index in [0.717, 1.165) is 30.3 Å². The molecule has 0 saturated carbocycles. The molecule has 0 atom stereocenters. The first-order valence-electron chi connectivity index (χ1n) is 6.90. The summed E-state index contributed by atoms with van der Waals surface area (Å²) in [7, 11) is 0. The van der Waals surface area contributed by atoms with Crippen LogP contribution in [0.2, 0.25) is 0 Å². The first-order chi connectivity index (χ1) is 8.27. The summed E-state index contributed by atoms with van der Waals surface area (Å²) >= 11 is 0.